The summed E-state index contributed by atoms with van der Waals surface area (Å²) in [4.78, 5) is 12.7. The maximum Gasteiger partial charge on any atom is 0.268 e. The minimum absolute atomic E-state index is 0.0188. The van der Waals surface area contributed by atoms with E-state index in [0.717, 1.165) is 34.7 Å². The van der Waals surface area contributed by atoms with Gasteiger partial charge in [-0.25, -0.2) is 8.42 Å². The van der Waals surface area contributed by atoms with Crippen molar-refractivity contribution in [1.82, 2.24) is 5.32 Å². The van der Waals surface area contributed by atoms with Gasteiger partial charge in [0.2, 0.25) is 5.91 Å². The van der Waals surface area contributed by atoms with Gasteiger partial charge in [0.1, 0.15) is 17.2 Å². The topological polar surface area (TPSA) is 84.9 Å². The monoisotopic (exact) mass is 446 g/mol. The van der Waals surface area contributed by atoms with E-state index in [9.17, 15) is 13.2 Å². The standard InChI is InChI=1S/C23H30N2O5S/c1-4-18-8-10-19(11-9-18)25(16-23(26)24-15-20-6-5-13-30-20)31(27,28)22-14-17(2)7-12-21(22)29-3/h7-12,14,20H,4-6,13,15-16H2,1-3H3,(H,24,26)/t20-/m0/s1. The van der Waals surface area contributed by atoms with Crippen molar-refractivity contribution < 1.29 is 22.7 Å². The number of benzene rings is 2. The zero-order chi connectivity index (χ0) is 22.4. The Balaban J connectivity index is 1.92. The molecular formula is C23H30N2O5S. The number of amides is 1. The minimum Gasteiger partial charge on any atom is -0.495 e. The fraction of sp³-hybridized carbons (Fsp3) is 0.435. The van der Waals surface area contributed by atoms with Crippen LogP contribution in [-0.4, -0.2) is 47.2 Å². The molecule has 1 heterocycles. The summed E-state index contributed by atoms with van der Waals surface area (Å²) in [6, 6.07) is 12.2. The van der Waals surface area contributed by atoms with Crippen LogP contribution in [0.15, 0.2) is 47.4 Å². The lowest BCUT2D eigenvalue weighted by Gasteiger charge is -2.25. The number of methoxy groups -OCH3 is 1. The minimum atomic E-state index is -4.06. The van der Waals surface area contributed by atoms with Crippen LogP contribution in [0.2, 0.25) is 0 Å². The Morgan fingerprint density at radius 2 is 1.97 bits per heavy atom. The summed E-state index contributed by atoms with van der Waals surface area (Å²) in [6.45, 7) is 4.57. The number of nitrogens with zero attached hydrogens (tertiary/aromatic N) is 1. The molecule has 0 unspecified atom stereocenters. The van der Waals surface area contributed by atoms with E-state index in [1.807, 2.05) is 26.0 Å². The third-order valence-electron chi connectivity index (χ3n) is 5.36. The first-order chi connectivity index (χ1) is 14.8. The number of aryl methyl sites for hydroxylation is 2. The normalized spacial score (nSPS) is 16.2. The number of ether oxygens (including phenoxy) is 2. The first-order valence-electron chi connectivity index (χ1n) is 10.5. The molecule has 1 N–H and O–H groups in total. The molecule has 3 rings (SSSR count). The quantitative estimate of drug-likeness (QED) is 0.640. The van der Waals surface area contributed by atoms with Crippen molar-refractivity contribution in [2.45, 2.75) is 44.1 Å². The zero-order valence-corrected chi connectivity index (χ0v) is 19.1. The van der Waals surface area contributed by atoms with Crippen molar-refractivity contribution in [3.63, 3.8) is 0 Å². The van der Waals surface area contributed by atoms with E-state index in [-0.39, 0.29) is 29.2 Å². The number of sulfonamides is 1. The SMILES string of the molecule is CCc1ccc(N(CC(=O)NC[C@@H]2CCCO2)S(=O)(=O)c2cc(C)ccc2OC)cc1. The molecule has 0 spiro atoms. The van der Waals surface area contributed by atoms with Gasteiger partial charge in [0.05, 0.1) is 18.9 Å². The van der Waals surface area contributed by atoms with Crippen molar-refractivity contribution in [2.75, 3.05) is 31.1 Å². The molecule has 1 aliphatic heterocycles. The lowest BCUT2D eigenvalue weighted by Crippen LogP contribution is -2.43. The van der Waals surface area contributed by atoms with E-state index in [2.05, 4.69) is 5.32 Å². The molecule has 7 nitrogen and oxygen atoms in total. The van der Waals surface area contributed by atoms with Crippen LogP contribution in [0.1, 0.15) is 30.9 Å². The number of anilines is 1. The highest BCUT2D eigenvalue weighted by Gasteiger charge is 2.30. The van der Waals surface area contributed by atoms with E-state index in [1.54, 1.807) is 30.3 Å². The molecular weight excluding hydrogens is 416 g/mol. The van der Waals surface area contributed by atoms with E-state index < -0.39 is 10.0 Å². The first-order valence-corrected chi connectivity index (χ1v) is 11.9. The smallest absolute Gasteiger partial charge is 0.268 e. The average molecular weight is 447 g/mol. The Morgan fingerprint density at radius 3 is 2.58 bits per heavy atom. The molecule has 1 saturated heterocycles. The Morgan fingerprint density at radius 1 is 1.23 bits per heavy atom. The van der Waals surface area contributed by atoms with E-state index in [4.69, 9.17) is 9.47 Å². The fourth-order valence-electron chi connectivity index (χ4n) is 3.54. The van der Waals surface area contributed by atoms with Crippen LogP contribution in [-0.2, 0) is 26.0 Å². The summed E-state index contributed by atoms with van der Waals surface area (Å²) in [5, 5.41) is 2.81. The summed E-state index contributed by atoms with van der Waals surface area (Å²) >= 11 is 0. The molecule has 0 bridgehead atoms. The van der Waals surface area contributed by atoms with Crippen molar-refractivity contribution in [3.8, 4) is 5.75 Å². The number of rotatable bonds is 9. The highest BCUT2D eigenvalue weighted by atomic mass is 32.2. The molecule has 1 atom stereocenters. The molecule has 1 aliphatic rings. The van der Waals surface area contributed by atoms with Gasteiger partial charge in [-0.15, -0.1) is 0 Å². The number of hydrogen-bond acceptors (Lipinski definition) is 5. The number of hydrogen-bond donors (Lipinski definition) is 1. The van der Waals surface area contributed by atoms with Crippen LogP contribution in [0.3, 0.4) is 0 Å². The lowest BCUT2D eigenvalue weighted by molar-refractivity contribution is -0.120. The molecule has 0 radical (unpaired) electrons. The van der Waals surface area contributed by atoms with Crippen molar-refractivity contribution in [3.05, 3.63) is 53.6 Å². The van der Waals surface area contributed by atoms with Gasteiger partial charge >= 0.3 is 0 Å². The third kappa shape index (κ3) is 5.57. The molecule has 168 valence electrons. The second kappa shape index (κ2) is 10.2. The van der Waals surface area contributed by atoms with Crippen molar-refractivity contribution in [1.29, 1.82) is 0 Å². The molecule has 0 aromatic heterocycles. The van der Waals surface area contributed by atoms with E-state index in [0.29, 0.717) is 18.8 Å². The maximum absolute atomic E-state index is 13.7. The van der Waals surface area contributed by atoms with Crippen LogP contribution in [0.5, 0.6) is 5.75 Å². The van der Waals surface area contributed by atoms with Crippen LogP contribution < -0.4 is 14.4 Å². The maximum atomic E-state index is 13.7. The summed E-state index contributed by atoms with van der Waals surface area (Å²) in [7, 11) is -2.63. The number of carbonyl (C=O) groups excluding carboxylic acids is 1. The largest absolute Gasteiger partial charge is 0.495 e. The molecule has 1 amide bonds. The Hall–Kier alpha value is -2.58. The molecule has 8 heteroatoms. The van der Waals surface area contributed by atoms with E-state index in [1.165, 1.54) is 7.11 Å². The van der Waals surface area contributed by atoms with Gasteiger partial charge in [0.25, 0.3) is 10.0 Å². The Bertz CT molecular complexity index is 999. The number of nitrogens with one attached hydrogen (secondary N) is 1. The molecule has 1 fully saturated rings. The number of carbonyl (C=O) groups is 1. The third-order valence-corrected chi connectivity index (χ3v) is 7.15. The average Bonchev–Trinajstić information content (AvgIpc) is 3.30. The molecule has 2 aromatic carbocycles. The predicted molar refractivity (Wildman–Crippen MR) is 120 cm³/mol. The molecule has 2 aromatic rings. The summed E-state index contributed by atoms with van der Waals surface area (Å²) in [6.07, 6.45) is 2.68. The van der Waals surface area contributed by atoms with Gasteiger partial charge in [-0.1, -0.05) is 25.1 Å². The Labute approximate surface area is 184 Å². The molecule has 0 saturated carbocycles. The van der Waals surface area contributed by atoms with E-state index >= 15 is 0 Å². The van der Waals surface area contributed by atoms with Gasteiger partial charge in [0, 0.05) is 13.2 Å². The second-order valence-corrected chi connectivity index (χ2v) is 9.46. The van der Waals surface area contributed by atoms with Gasteiger partial charge in [0.15, 0.2) is 0 Å². The van der Waals surface area contributed by atoms with Crippen LogP contribution in [0.25, 0.3) is 0 Å². The Kier molecular flexibility index (Phi) is 7.56. The summed E-state index contributed by atoms with van der Waals surface area (Å²) in [5.74, 6) is -0.147. The lowest BCUT2D eigenvalue weighted by atomic mass is 10.1. The van der Waals surface area contributed by atoms with Gasteiger partial charge in [-0.2, -0.15) is 0 Å². The van der Waals surface area contributed by atoms with Gasteiger partial charge in [-0.3, -0.25) is 9.10 Å². The second-order valence-electron chi connectivity index (χ2n) is 7.63. The van der Waals surface area contributed by atoms with Crippen LogP contribution in [0, 0.1) is 6.92 Å². The zero-order valence-electron chi connectivity index (χ0n) is 18.3. The van der Waals surface area contributed by atoms with Crippen molar-refractivity contribution >= 4 is 21.6 Å². The van der Waals surface area contributed by atoms with Crippen LogP contribution >= 0.6 is 0 Å². The van der Waals surface area contributed by atoms with Crippen LogP contribution in [0.4, 0.5) is 5.69 Å². The molecule has 0 aliphatic carbocycles. The highest BCUT2D eigenvalue weighted by molar-refractivity contribution is 7.93. The van der Waals surface area contributed by atoms with Crippen molar-refractivity contribution in [2.24, 2.45) is 0 Å². The first kappa shape index (κ1) is 23.1. The fourth-order valence-corrected chi connectivity index (χ4v) is 5.20. The summed E-state index contributed by atoms with van der Waals surface area (Å²) < 4.78 is 39.3. The van der Waals surface area contributed by atoms with Gasteiger partial charge < -0.3 is 14.8 Å². The summed E-state index contributed by atoms with van der Waals surface area (Å²) in [5.41, 5.74) is 2.29. The molecule has 31 heavy (non-hydrogen) atoms. The predicted octanol–water partition coefficient (Wildman–Crippen LogP) is 3.06. The highest BCUT2D eigenvalue weighted by Crippen LogP contribution is 2.31. The van der Waals surface area contributed by atoms with Gasteiger partial charge in [-0.05, 0) is 61.6 Å².